The number of aromatic nitrogens is 1. The average molecular weight is 323 g/mol. The molecule has 0 bridgehead atoms. The van der Waals surface area contributed by atoms with Gasteiger partial charge in [-0.2, -0.15) is 5.26 Å². The Morgan fingerprint density at radius 2 is 2.12 bits per heavy atom. The van der Waals surface area contributed by atoms with Crippen LogP contribution in [0.5, 0.6) is 0 Å². The zero-order valence-corrected chi connectivity index (χ0v) is 14.3. The number of aromatic amines is 1. The maximum absolute atomic E-state index is 9.55. The van der Waals surface area contributed by atoms with Crippen molar-refractivity contribution in [1.82, 2.24) is 9.88 Å². The van der Waals surface area contributed by atoms with Gasteiger partial charge in [-0.3, -0.25) is 4.90 Å². The molecule has 0 saturated carbocycles. The molecular formula is C20H25N3O. The number of hydrogen-bond donors (Lipinski definition) is 2. The second-order valence-corrected chi connectivity index (χ2v) is 6.46. The van der Waals surface area contributed by atoms with Crippen LogP contribution in [-0.4, -0.2) is 40.7 Å². The van der Waals surface area contributed by atoms with Crippen LogP contribution < -0.4 is 0 Å². The molecule has 0 fully saturated rings. The summed E-state index contributed by atoms with van der Waals surface area (Å²) in [6.07, 6.45) is 5.50. The molecule has 1 atom stereocenters. The van der Waals surface area contributed by atoms with Gasteiger partial charge in [0.25, 0.3) is 0 Å². The van der Waals surface area contributed by atoms with E-state index in [1.165, 1.54) is 27.6 Å². The van der Waals surface area contributed by atoms with Gasteiger partial charge in [0, 0.05) is 36.8 Å². The summed E-state index contributed by atoms with van der Waals surface area (Å²) in [7, 11) is 0. The van der Waals surface area contributed by atoms with Crippen molar-refractivity contribution in [1.29, 1.82) is 5.26 Å². The van der Waals surface area contributed by atoms with Crippen LogP contribution in [0.15, 0.2) is 41.6 Å². The minimum absolute atomic E-state index is 0.0768. The van der Waals surface area contributed by atoms with Crippen LogP contribution in [0.4, 0.5) is 0 Å². The molecule has 24 heavy (non-hydrogen) atoms. The number of aliphatic hydroxyl groups is 1. The number of nitriles is 1. The van der Waals surface area contributed by atoms with Gasteiger partial charge >= 0.3 is 0 Å². The topological polar surface area (TPSA) is 63.0 Å². The van der Waals surface area contributed by atoms with Gasteiger partial charge in [0.15, 0.2) is 0 Å². The highest BCUT2D eigenvalue weighted by Crippen LogP contribution is 2.28. The molecule has 1 aliphatic heterocycles. The van der Waals surface area contributed by atoms with Crippen LogP contribution in [0.3, 0.4) is 0 Å². The summed E-state index contributed by atoms with van der Waals surface area (Å²) < 4.78 is 0. The maximum Gasteiger partial charge on any atom is 0.102 e. The van der Waals surface area contributed by atoms with Crippen molar-refractivity contribution in [3.8, 4) is 6.07 Å². The van der Waals surface area contributed by atoms with Crippen LogP contribution in [0.2, 0.25) is 0 Å². The first-order valence-electron chi connectivity index (χ1n) is 8.76. The SMILES string of the molecule is CCC1=C(CCO)CC(C#N)N(CCc2c[nH]c3ccccc23)C1. The van der Waals surface area contributed by atoms with E-state index in [4.69, 9.17) is 0 Å². The zero-order chi connectivity index (χ0) is 16.9. The Labute approximate surface area is 143 Å². The number of para-hydroxylation sites is 1. The minimum atomic E-state index is -0.0768. The highest BCUT2D eigenvalue weighted by molar-refractivity contribution is 5.83. The van der Waals surface area contributed by atoms with Gasteiger partial charge < -0.3 is 10.1 Å². The number of aliphatic hydroxyl groups excluding tert-OH is 1. The molecular weight excluding hydrogens is 298 g/mol. The number of nitrogens with one attached hydrogen (secondary N) is 1. The van der Waals surface area contributed by atoms with Gasteiger partial charge in [-0.25, -0.2) is 0 Å². The van der Waals surface area contributed by atoms with E-state index >= 15 is 0 Å². The Morgan fingerprint density at radius 3 is 2.88 bits per heavy atom. The van der Waals surface area contributed by atoms with E-state index in [9.17, 15) is 10.4 Å². The maximum atomic E-state index is 9.55. The Kier molecular flexibility index (Phi) is 5.34. The summed E-state index contributed by atoms with van der Waals surface area (Å²) in [5.41, 5.74) is 5.16. The number of nitrogens with zero attached hydrogens (tertiary/aromatic N) is 2. The fourth-order valence-electron chi connectivity index (χ4n) is 3.71. The monoisotopic (exact) mass is 323 g/mol. The van der Waals surface area contributed by atoms with Gasteiger partial charge in [-0.15, -0.1) is 0 Å². The molecule has 0 amide bonds. The average Bonchev–Trinajstić information content (AvgIpc) is 3.03. The van der Waals surface area contributed by atoms with Crippen LogP contribution in [0, 0.1) is 11.3 Å². The van der Waals surface area contributed by atoms with Gasteiger partial charge in [0.1, 0.15) is 6.04 Å². The summed E-state index contributed by atoms with van der Waals surface area (Å²) in [4.78, 5) is 5.62. The summed E-state index contributed by atoms with van der Waals surface area (Å²) in [5.74, 6) is 0. The summed E-state index contributed by atoms with van der Waals surface area (Å²) >= 11 is 0. The highest BCUT2D eigenvalue weighted by Gasteiger charge is 2.26. The van der Waals surface area contributed by atoms with Crippen molar-refractivity contribution in [2.24, 2.45) is 0 Å². The number of fused-ring (bicyclic) bond motifs is 1. The van der Waals surface area contributed by atoms with Crippen LogP contribution >= 0.6 is 0 Å². The predicted octanol–water partition coefficient (Wildman–Crippen LogP) is 3.40. The predicted molar refractivity (Wildman–Crippen MR) is 96.6 cm³/mol. The molecule has 1 aliphatic rings. The molecule has 126 valence electrons. The first-order chi connectivity index (χ1) is 11.8. The third kappa shape index (κ3) is 3.38. The number of benzene rings is 1. The van der Waals surface area contributed by atoms with Crippen molar-refractivity contribution in [2.75, 3.05) is 19.7 Å². The second kappa shape index (κ2) is 7.65. The zero-order valence-electron chi connectivity index (χ0n) is 14.3. The van der Waals surface area contributed by atoms with Crippen LogP contribution in [0.25, 0.3) is 10.9 Å². The van der Waals surface area contributed by atoms with Crippen molar-refractivity contribution < 1.29 is 5.11 Å². The van der Waals surface area contributed by atoms with Gasteiger partial charge in [0.2, 0.25) is 0 Å². The van der Waals surface area contributed by atoms with Crippen molar-refractivity contribution in [2.45, 2.75) is 38.6 Å². The van der Waals surface area contributed by atoms with Crippen molar-refractivity contribution in [3.05, 3.63) is 47.2 Å². The first-order valence-corrected chi connectivity index (χ1v) is 8.76. The van der Waals surface area contributed by atoms with Gasteiger partial charge in [-0.05, 0) is 37.3 Å². The molecule has 4 nitrogen and oxygen atoms in total. The lowest BCUT2D eigenvalue weighted by atomic mass is 9.91. The second-order valence-electron chi connectivity index (χ2n) is 6.46. The third-order valence-electron chi connectivity index (χ3n) is 5.11. The molecule has 3 rings (SSSR count). The molecule has 0 spiro atoms. The number of H-pyrrole nitrogens is 1. The van der Waals surface area contributed by atoms with Gasteiger partial charge in [0.05, 0.1) is 6.07 Å². The molecule has 2 aromatic rings. The molecule has 0 radical (unpaired) electrons. The summed E-state index contributed by atoms with van der Waals surface area (Å²) in [6, 6.07) is 10.7. The third-order valence-corrected chi connectivity index (χ3v) is 5.11. The standard InChI is InChI=1S/C20H25N3O/c1-2-15-14-23(18(12-21)11-16(15)8-10-24)9-7-17-13-22-20-6-4-3-5-19(17)20/h3-6,13,18,22,24H,2,7-11,14H2,1H3. The Bertz CT molecular complexity index is 769. The van der Waals surface area contributed by atoms with E-state index in [0.29, 0.717) is 6.42 Å². The lowest BCUT2D eigenvalue weighted by Crippen LogP contribution is -2.41. The fraction of sp³-hybridized carbons (Fsp3) is 0.450. The van der Waals surface area contributed by atoms with Crippen molar-refractivity contribution >= 4 is 10.9 Å². The molecule has 1 aromatic heterocycles. The fourth-order valence-corrected chi connectivity index (χ4v) is 3.71. The van der Waals surface area contributed by atoms with E-state index in [0.717, 1.165) is 32.4 Å². The smallest absolute Gasteiger partial charge is 0.102 e. The Hall–Kier alpha value is -2.09. The molecule has 0 aliphatic carbocycles. The normalized spacial score (nSPS) is 19.0. The van der Waals surface area contributed by atoms with Gasteiger partial charge in [-0.1, -0.05) is 36.3 Å². The van der Waals surface area contributed by atoms with E-state index in [1.54, 1.807) is 0 Å². The van der Waals surface area contributed by atoms with Crippen LogP contribution in [0.1, 0.15) is 31.7 Å². The molecule has 1 unspecified atom stereocenters. The lowest BCUT2D eigenvalue weighted by molar-refractivity contribution is 0.229. The Balaban J connectivity index is 1.73. The summed E-state index contributed by atoms with van der Waals surface area (Å²) in [6.45, 7) is 4.08. The molecule has 4 heteroatoms. The Morgan fingerprint density at radius 1 is 1.29 bits per heavy atom. The number of rotatable bonds is 6. The lowest BCUT2D eigenvalue weighted by Gasteiger charge is -2.34. The van der Waals surface area contributed by atoms with E-state index in [2.05, 4.69) is 47.3 Å². The van der Waals surface area contributed by atoms with Crippen LogP contribution in [-0.2, 0) is 6.42 Å². The summed E-state index contributed by atoms with van der Waals surface area (Å²) in [5, 5.41) is 20.1. The van der Waals surface area contributed by atoms with E-state index < -0.39 is 0 Å². The van der Waals surface area contributed by atoms with Crippen molar-refractivity contribution in [3.63, 3.8) is 0 Å². The molecule has 2 heterocycles. The molecule has 2 N–H and O–H groups in total. The first kappa shape index (κ1) is 16.8. The molecule has 1 aromatic carbocycles. The van der Waals surface area contributed by atoms with E-state index in [-0.39, 0.29) is 12.6 Å². The minimum Gasteiger partial charge on any atom is -0.396 e. The highest BCUT2D eigenvalue weighted by atomic mass is 16.2. The quantitative estimate of drug-likeness (QED) is 0.801. The number of hydrogen-bond acceptors (Lipinski definition) is 3. The van der Waals surface area contributed by atoms with E-state index in [1.807, 2.05) is 6.07 Å². The largest absolute Gasteiger partial charge is 0.396 e. The molecule has 0 saturated heterocycles.